The van der Waals surface area contributed by atoms with Crippen LogP contribution in [0.1, 0.15) is 36.8 Å². The van der Waals surface area contributed by atoms with Crippen LogP contribution in [0.5, 0.6) is 0 Å². The van der Waals surface area contributed by atoms with Gasteiger partial charge in [-0.1, -0.05) is 40.2 Å². The van der Waals surface area contributed by atoms with Crippen molar-refractivity contribution in [2.45, 2.75) is 50.9 Å². The minimum absolute atomic E-state index is 0.180. The molecule has 0 aliphatic heterocycles. The van der Waals surface area contributed by atoms with Crippen LogP contribution < -0.4 is 5.73 Å². The number of hydrogen-bond donors (Lipinski definition) is 1. The second kappa shape index (κ2) is 8.24. The van der Waals surface area contributed by atoms with Crippen LogP contribution in [0.4, 0.5) is 4.39 Å². The van der Waals surface area contributed by atoms with Gasteiger partial charge in [0.25, 0.3) is 0 Å². The highest BCUT2D eigenvalue weighted by Crippen LogP contribution is 2.26. The topological polar surface area (TPSA) is 29.3 Å². The summed E-state index contributed by atoms with van der Waals surface area (Å²) in [6.07, 6.45) is 4.44. The van der Waals surface area contributed by atoms with Gasteiger partial charge in [0.15, 0.2) is 0 Å². The molecule has 0 radical (unpaired) electrons. The third-order valence-electron chi connectivity index (χ3n) is 4.83. The van der Waals surface area contributed by atoms with E-state index in [-0.39, 0.29) is 5.82 Å². The average Bonchev–Trinajstić information content (AvgIpc) is 2.57. The van der Waals surface area contributed by atoms with Gasteiger partial charge in [0, 0.05) is 29.6 Å². The van der Waals surface area contributed by atoms with Gasteiger partial charge >= 0.3 is 0 Å². The number of hydrogen-bond acceptors (Lipinski definition) is 2. The van der Waals surface area contributed by atoms with Crippen LogP contribution in [0.25, 0.3) is 0 Å². The minimum atomic E-state index is -0.180. The molecule has 24 heavy (non-hydrogen) atoms. The molecule has 1 saturated carbocycles. The van der Waals surface area contributed by atoms with Gasteiger partial charge in [-0.3, -0.25) is 4.90 Å². The van der Waals surface area contributed by atoms with E-state index < -0.39 is 0 Å². The van der Waals surface area contributed by atoms with E-state index in [1.807, 2.05) is 18.2 Å². The van der Waals surface area contributed by atoms with Crippen LogP contribution in [0.15, 0.2) is 53.0 Å². The maximum absolute atomic E-state index is 13.2. The quantitative estimate of drug-likeness (QED) is 0.789. The SMILES string of the molecule is NC1CCC(N(Cc2ccc(F)cc2)Cc2cccc(Br)c2)CC1. The first-order valence-corrected chi connectivity index (χ1v) is 9.38. The smallest absolute Gasteiger partial charge is 0.123 e. The molecule has 1 aliphatic carbocycles. The fraction of sp³-hybridized carbons (Fsp3) is 0.400. The van der Waals surface area contributed by atoms with Crippen molar-refractivity contribution in [2.75, 3.05) is 0 Å². The van der Waals surface area contributed by atoms with Gasteiger partial charge in [-0.05, 0) is 61.1 Å². The number of nitrogens with two attached hydrogens (primary N) is 1. The van der Waals surface area contributed by atoms with Crippen molar-refractivity contribution in [3.05, 3.63) is 69.9 Å². The number of nitrogens with zero attached hydrogens (tertiary/aromatic N) is 1. The minimum Gasteiger partial charge on any atom is -0.328 e. The Morgan fingerprint density at radius 1 is 0.958 bits per heavy atom. The molecule has 2 aromatic rings. The van der Waals surface area contributed by atoms with Crippen molar-refractivity contribution >= 4 is 15.9 Å². The maximum atomic E-state index is 13.2. The lowest BCUT2D eigenvalue weighted by atomic mass is 9.90. The molecule has 0 bridgehead atoms. The second-order valence-corrected chi connectivity index (χ2v) is 7.65. The van der Waals surface area contributed by atoms with Crippen molar-refractivity contribution < 1.29 is 4.39 Å². The summed E-state index contributed by atoms with van der Waals surface area (Å²) in [7, 11) is 0. The Morgan fingerprint density at radius 3 is 2.29 bits per heavy atom. The summed E-state index contributed by atoms with van der Waals surface area (Å²) in [6.45, 7) is 1.74. The summed E-state index contributed by atoms with van der Waals surface area (Å²) in [5, 5.41) is 0. The lowest BCUT2D eigenvalue weighted by molar-refractivity contribution is 0.134. The third kappa shape index (κ3) is 4.88. The fourth-order valence-electron chi connectivity index (χ4n) is 3.48. The van der Waals surface area contributed by atoms with E-state index in [2.05, 4.69) is 39.0 Å². The van der Waals surface area contributed by atoms with Crippen molar-refractivity contribution in [3.63, 3.8) is 0 Å². The van der Waals surface area contributed by atoms with Crippen molar-refractivity contribution in [1.29, 1.82) is 0 Å². The normalized spacial score (nSPS) is 21.2. The molecule has 2 aromatic carbocycles. The molecule has 2 N–H and O–H groups in total. The fourth-order valence-corrected chi connectivity index (χ4v) is 3.92. The molecule has 0 amide bonds. The van der Waals surface area contributed by atoms with Crippen molar-refractivity contribution in [2.24, 2.45) is 5.73 Å². The predicted molar refractivity (Wildman–Crippen MR) is 100 cm³/mol. The summed E-state index contributed by atoms with van der Waals surface area (Å²) in [5.41, 5.74) is 8.52. The van der Waals surface area contributed by atoms with Crippen LogP contribution in [0.3, 0.4) is 0 Å². The highest BCUT2D eigenvalue weighted by molar-refractivity contribution is 9.10. The molecule has 1 aliphatic rings. The second-order valence-electron chi connectivity index (χ2n) is 6.73. The molecule has 0 atom stereocenters. The molecular weight excluding hydrogens is 367 g/mol. The summed E-state index contributed by atoms with van der Waals surface area (Å²) in [6, 6.07) is 16.2. The lowest BCUT2D eigenvalue weighted by Gasteiger charge is -2.36. The van der Waals surface area contributed by atoms with E-state index in [4.69, 9.17) is 5.73 Å². The summed E-state index contributed by atoms with van der Waals surface area (Å²) < 4.78 is 14.3. The maximum Gasteiger partial charge on any atom is 0.123 e. The molecule has 3 rings (SSSR count). The number of benzene rings is 2. The summed E-state index contributed by atoms with van der Waals surface area (Å²) in [5.74, 6) is -0.180. The zero-order valence-electron chi connectivity index (χ0n) is 13.8. The molecule has 0 unspecified atom stereocenters. The Hall–Kier alpha value is -1.23. The Morgan fingerprint density at radius 2 is 1.62 bits per heavy atom. The van der Waals surface area contributed by atoms with Gasteiger partial charge in [0.1, 0.15) is 5.82 Å². The average molecular weight is 391 g/mol. The van der Waals surface area contributed by atoms with Crippen LogP contribution >= 0.6 is 15.9 Å². The van der Waals surface area contributed by atoms with E-state index in [9.17, 15) is 4.39 Å². The Kier molecular flexibility index (Phi) is 6.04. The Bertz CT molecular complexity index is 651. The lowest BCUT2D eigenvalue weighted by Crippen LogP contribution is -2.40. The van der Waals surface area contributed by atoms with Gasteiger partial charge in [0.05, 0.1) is 0 Å². The van der Waals surface area contributed by atoms with Crippen LogP contribution in [0, 0.1) is 5.82 Å². The van der Waals surface area contributed by atoms with Gasteiger partial charge < -0.3 is 5.73 Å². The first kappa shape index (κ1) is 17.6. The predicted octanol–water partition coefficient (Wildman–Crippen LogP) is 4.86. The molecule has 0 heterocycles. The molecule has 0 saturated heterocycles. The molecule has 0 spiro atoms. The van der Waals surface area contributed by atoms with Gasteiger partial charge in [-0.15, -0.1) is 0 Å². The highest BCUT2D eigenvalue weighted by atomic mass is 79.9. The van der Waals surface area contributed by atoms with E-state index >= 15 is 0 Å². The van der Waals surface area contributed by atoms with E-state index in [1.165, 1.54) is 5.56 Å². The molecule has 0 aromatic heterocycles. The number of rotatable bonds is 5. The zero-order valence-corrected chi connectivity index (χ0v) is 15.4. The standard InChI is InChI=1S/C20H24BrFN2/c21-17-3-1-2-16(12-17)14-24(20-10-8-19(23)9-11-20)13-15-4-6-18(22)7-5-15/h1-7,12,19-20H,8-11,13-14,23H2. The molecular formula is C20H24BrFN2. The molecule has 4 heteroatoms. The van der Waals surface area contributed by atoms with Gasteiger partial charge in [-0.2, -0.15) is 0 Å². The van der Waals surface area contributed by atoms with Crippen molar-refractivity contribution in [3.8, 4) is 0 Å². The Balaban J connectivity index is 1.76. The first-order chi connectivity index (χ1) is 11.6. The van der Waals surface area contributed by atoms with Gasteiger partial charge in [-0.25, -0.2) is 4.39 Å². The van der Waals surface area contributed by atoms with E-state index in [1.54, 1.807) is 12.1 Å². The molecule has 1 fully saturated rings. The third-order valence-corrected chi connectivity index (χ3v) is 5.32. The zero-order chi connectivity index (χ0) is 16.9. The van der Waals surface area contributed by atoms with Crippen LogP contribution in [-0.4, -0.2) is 17.0 Å². The Labute approximate surface area is 152 Å². The molecule has 128 valence electrons. The van der Waals surface area contributed by atoms with Crippen LogP contribution in [-0.2, 0) is 13.1 Å². The number of halogens is 2. The monoisotopic (exact) mass is 390 g/mol. The summed E-state index contributed by atoms with van der Waals surface area (Å²) >= 11 is 3.55. The largest absolute Gasteiger partial charge is 0.328 e. The summed E-state index contributed by atoms with van der Waals surface area (Å²) in [4.78, 5) is 2.51. The highest BCUT2D eigenvalue weighted by Gasteiger charge is 2.24. The van der Waals surface area contributed by atoms with Crippen molar-refractivity contribution in [1.82, 2.24) is 4.90 Å². The molecule has 2 nitrogen and oxygen atoms in total. The van der Waals surface area contributed by atoms with Crippen LogP contribution in [0.2, 0.25) is 0 Å². The first-order valence-electron chi connectivity index (χ1n) is 8.58. The van der Waals surface area contributed by atoms with Gasteiger partial charge in [0.2, 0.25) is 0 Å². The van der Waals surface area contributed by atoms with E-state index in [0.29, 0.717) is 12.1 Å². The van der Waals surface area contributed by atoms with E-state index in [0.717, 1.165) is 48.8 Å².